The van der Waals surface area contributed by atoms with Gasteiger partial charge in [-0.15, -0.1) is 0 Å². The highest BCUT2D eigenvalue weighted by Crippen LogP contribution is 1.81. The number of halogens is 1. The Bertz CT molecular complexity index is 434. The van der Waals surface area contributed by atoms with Crippen molar-refractivity contribution in [2.75, 3.05) is 0 Å². The first-order valence-corrected chi connectivity index (χ1v) is 3.46. The fourth-order valence-corrected chi connectivity index (χ4v) is 0.902. The molecule has 4 nitrogen and oxygen atoms in total. The lowest BCUT2D eigenvalue weighted by Gasteiger charge is -1.98. The van der Waals surface area contributed by atoms with E-state index in [2.05, 4.69) is 12.2 Å². The molecule has 0 spiro atoms. The Morgan fingerprint density at radius 2 is 2.25 bits per heavy atom. The van der Waals surface area contributed by atoms with Crippen LogP contribution in [0.2, 0.25) is 0 Å². The molecule has 1 N–H and O–H groups in total. The summed E-state index contributed by atoms with van der Waals surface area (Å²) in [6, 6.07) is 0. The quantitative estimate of drug-likeness (QED) is 0.577. The van der Waals surface area contributed by atoms with Gasteiger partial charge in [0.1, 0.15) is 0 Å². The number of thiocarbonyl (C=S) groups is 1. The normalized spacial score (nSPS) is 9.83. The van der Waals surface area contributed by atoms with Crippen LogP contribution in [0.3, 0.4) is 0 Å². The van der Waals surface area contributed by atoms with Gasteiger partial charge >= 0.3 is 5.69 Å². The number of nitrogens with one attached hydrogen (secondary N) is 1. The summed E-state index contributed by atoms with van der Waals surface area (Å²) in [5.41, 5.74) is -1.75. The molecule has 1 heterocycles. The number of nitrogens with zero attached hydrogens (tertiary/aromatic N) is 1. The summed E-state index contributed by atoms with van der Waals surface area (Å²) in [5.74, 6) is -1.03. The highest BCUT2D eigenvalue weighted by atomic mass is 32.1. The number of H-pyrrole nitrogens is 1. The predicted octanol–water partition coefficient (Wildman–Crippen LogP) is -0.129. The Balaban J connectivity index is 3.67. The number of rotatable bonds is 0. The maximum Gasteiger partial charge on any atom is 0.333 e. The van der Waals surface area contributed by atoms with Gasteiger partial charge in [-0.05, 0) is 6.92 Å². The third kappa shape index (κ3) is 1.33. The summed E-state index contributed by atoms with van der Waals surface area (Å²) in [6.07, 6.45) is 0.708. The third-order valence-corrected chi connectivity index (χ3v) is 1.43. The average Bonchev–Trinajstić information content (AvgIpc) is 1.97. The van der Waals surface area contributed by atoms with Gasteiger partial charge in [0.2, 0.25) is 5.82 Å². The van der Waals surface area contributed by atoms with Crippen molar-refractivity contribution in [2.24, 2.45) is 0 Å². The second-order valence-corrected chi connectivity index (χ2v) is 2.69. The summed E-state index contributed by atoms with van der Waals surface area (Å²) >= 11 is 4.57. The fourth-order valence-electron chi connectivity index (χ4n) is 0.736. The number of hydrogen-bond donors (Lipinski definition) is 1. The molecule has 1 rings (SSSR count). The smallest absolute Gasteiger partial charge is 0.311 e. The Kier molecular flexibility index (Phi) is 2.18. The van der Waals surface area contributed by atoms with E-state index in [4.69, 9.17) is 0 Å². The SMILES string of the molecule is CC(=S)n1c(=O)[nH]cc(F)c1=O. The monoisotopic (exact) mass is 188 g/mol. The van der Waals surface area contributed by atoms with Gasteiger partial charge in [-0.25, -0.2) is 9.36 Å². The van der Waals surface area contributed by atoms with Crippen molar-refractivity contribution in [1.82, 2.24) is 9.55 Å². The lowest BCUT2D eigenvalue weighted by atomic mass is 10.6. The number of hydrogen-bond acceptors (Lipinski definition) is 3. The molecular formula is C6H5FN2O2S. The molecule has 0 bridgehead atoms. The van der Waals surface area contributed by atoms with E-state index in [-0.39, 0.29) is 4.99 Å². The van der Waals surface area contributed by atoms with Crippen LogP contribution in [-0.2, 0) is 0 Å². The van der Waals surface area contributed by atoms with Crippen molar-refractivity contribution in [2.45, 2.75) is 6.92 Å². The third-order valence-electron chi connectivity index (χ3n) is 1.25. The molecule has 0 fully saturated rings. The van der Waals surface area contributed by atoms with E-state index in [9.17, 15) is 14.0 Å². The van der Waals surface area contributed by atoms with Crippen molar-refractivity contribution >= 4 is 17.2 Å². The largest absolute Gasteiger partial charge is 0.333 e. The van der Waals surface area contributed by atoms with Gasteiger partial charge in [0.15, 0.2) is 0 Å². The molecule has 0 saturated heterocycles. The van der Waals surface area contributed by atoms with Crippen LogP contribution in [0, 0.1) is 5.82 Å². The van der Waals surface area contributed by atoms with Crippen LogP contribution in [0.1, 0.15) is 6.92 Å². The molecule has 64 valence electrons. The van der Waals surface area contributed by atoms with Crippen molar-refractivity contribution in [1.29, 1.82) is 0 Å². The lowest BCUT2D eigenvalue weighted by Crippen LogP contribution is -2.39. The minimum Gasteiger partial charge on any atom is -0.311 e. The molecule has 1 aromatic rings. The summed E-state index contributed by atoms with van der Waals surface area (Å²) in [4.78, 5) is 23.8. The first-order chi connectivity index (χ1) is 5.54. The lowest BCUT2D eigenvalue weighted by molar-refractivity contribution is 0.588. The van der Waals surface area contributed by atoms with Gasteiger partial charge in [0.05, 0.1) is 4.99 Å². The molecular weight excluding hydrogens is 183 g/mol. The highest BCUT2D eigenvalue weighted by molar-refractivity contribution is 7.80. The minimum atomic E-state index is -1.03. The van der Waals surface area contributed by atoms with Crippen LogP contribution < -0.4 is 11.2 Å². The standard InChI is InChI=1S/C6H5FN2O2S/c1-3(12)9-5(10)4(7)2-8-6(9)11/h2H,1H3,(H,8,11). The Labute approximate surface area is 71.7 Å². The topological polar surface area (TPSA) is 54.9 Å². The second kappa shape index (κ2) is 2.98. The van der Waals surface area contributed by atoms with Crippen LogP contribution in [0.25, 0.3) is 0 Å². The maximum absolute atomic E-state index is 12.6. The molecule has 0 radical (unpaired) electrons. The summed E-state index contributed by atoms with van der Waals surface area (Å²) in [6.45, 7) is 1.37. The predicted molar refractivity (Wildman–Crippen MR) is 45.0 cm³/mol. The summed E-state index contributed by atoms with van der Waals surface area (Å²) < 4.78 is 13.1. The van der Waals surface area contributed by atoms with Gasteiger partial charge < -0.3 is 4.98 Å². The molecule has 0 unspecified atom stereocenters. The Morgan fingerprint density at radius 1 is 1.67 bits per heavy atom. The Hall–Kier alpha value is -1.30. The van der Waals surface area contributed by atoms with Gasteiger partial charge in [-0.3, -0.25) is 4.79 Å². The Morgan fingerprint density at radius 3 is 2.67 bits per heavy atom. The van der Waals surface area contributed by atoms with Crippen LogP contribution in [-0.4, -0.2) is 14.5 Å². The van der Waals surface area contributed by atoms with Gasteiger partial charge in [0, 0.05) is 6.20 Å². The second-order valence-electron chi connectivity index (χ2n) is 2.10. The maximum atomic E-state index is 12.6. The minimum absolute atomic E-state index is 0.0146. The van der Waals surface area contributed by atoms with Crippen molar-refractivity contribution in [3.63, 3.8) is 0 Å². The van der Waals surface area contributed by atoms with Crippen LogP contribution in [0.4, 0.5) is 4.39 Å². The van der Waals surface area contributed by atoms with Crippen LogP contribution >= 0.6 is 12.2 Å². The van der Waals surface area contributed by atoms with Crippen molar-refractivity contribution in [3.05, 3.63) is 32.9 Å². The van der Waals surface area contributed by atoms with Crippen molar-refractivity contribution in [3.8, 4) is 0 Å². The van der Waals surface area contributed by atoms with Crippen LogP contribution in [0.5, 0.6) is 0 Å². The van der Waals surface area contributed by atoms with Gasteiger partial charge in [0.25, 0.3) is 5.56 Å². The molecule has 0 aliphatic heterocycles. The van der Waals surface area contributed by atoms with Gasteiger partial charge in [-0.1, -0.05) is 12.2 Å². The molecule has 0 amide bonds. The summed E-state index contributed by atoms with van der Waals surface area (Å²) in [7, 11) is 0. The molecule has 0 aromatic carbocycles. The molecule has 0 aliphatic rings. The number of aromatic amines is 1. The molecule has 0 aliphatic carbocycles. The zero-order valence-corrected chi connectivity index (χ0v) is 6.94. The van der Waals surface area contributed by atoms with E-state index in [0.717, 1.165) is 0 Å². The van der Waals surface area contributed by atoms with Crippen LogP contribution in [0.15, 0.2) is 15.8 Å². The molecule has 6 heteroatoms. The first-order valence-electron chi connectivity index (χ1n) is 3.05. The molecule has 0 atom stereocenters. The van der Waals surface area contributed by atoms with E-state index in [1.165, 1.54) is 6.92 Å². The molecule has 12 heavy (non-hydrogen) atoms. The van der Waals surface area contributed by atoms with E-state index in [1.54, 1.807) is 0 Å². The van der Waals surface area contributed by atoms with Gasteiger partial charge in [-0.2, -0.15) is 4.39 Å². The summed E-state index contributed by atoms with van der Waals surface area (Å²) in [5, 5.41) is 0. The molecule has 0 saturated carbocycles. The zero-order chi connectivity index (χ0) is 9.30. The number of aromatic nitrogens is 2. The first kappa shape index (κ1) is 8.79. The fraction of sp³-hybridized carbons (Fsp3) is 0.167. The zero-order valence-electron chi connectivity index (χ0n) is 6.13. The highest BCUT2D eigenvalue weighted by Gasteiger charge is 2.06. The molecule has 1 aromatic heterocycles. The van der Waals surface area contributed by atoms with Crippen molar-refractivity contribution < 1.29 is 4.39 Å². The average molecular weight is 188 g/mol. The van der Waals surface area contributed by atoms with E-state index >= 15 is 0 Å². The van der Waals surface area contributed by atoms with E-state index in [1.807, 2.05) is 4.98 Å². The van der Waals surface area contributed by atoms with E-state index < -0.39 is 17.1 Å². The van der Waals surface area contributed by atoms with E-state index in [0.29, 0.717) is 10.8 Å².